The number of benzene rings is 1. The molecule has 2 rings (SSSR count). The number of amidine groups is 1. The lowest BCUT2D eigenvalue weighted by Gasteiger charge is -2.16. The number of rotatable bonds is 10. The first-order valence-electron chi connectivity index (χ1n) is 9.53. The molecule has 0 radical (unpaired) electrons. The zero-order valence-electron chi connectivity index (χ0n) is 17.0. The van der Waals surface area contributed by atoms with Crippen LogP contribution in [0.3, 0.4) is 0 Å². The summed E-state index contributed by atoms with van der Waals surface area (Å²) < 4.78 is 24.5. The fraction of sp³-hybridized carbons (Fsp3) is 0.476. The fourth-order valence-electron chi connectivity index (χ4n) is 2.89. The molecule has 1 aromatic rings. The largest absolute Gasteiger partial charge is 0.493 e. The molecule has 154 valence electrons. The van der Waals surface area contributed by atoms with Gasteiger partial charge in [-0.15, -0.1) is 0 Å². The molecule has 1 atom stereocenters. The van der Waals surface area contributed by atoms with Crippen LogP contribution in [0.15, 0.2) is 47.7 Å². The van der Waals surface area contributed by atoms with Crippen molar-refractivity contribution in [2.45, 2.75) is 25.9 Å². The molecule has 1 saturated heterocycles. The van der Waals surface area contributed by atoms with E-state index in [9.17, 15) is 4.39 Å². The molecule has 1 heterocycles. The highest BCUT2D eigenvalue weighted by Gasteiger charge is 2.20. The van der Waals surface area contributed by atoms with Crippen LogP contribution < -0.4 is 20.1 Å². The van der Waals surface area contributed by atoms with Gasteiger partial charge in [0.2, 0.25) is 0 Å². The van der Waals surface area contributed by atoms with Crippen molar-refractivity contribution in [3.8, 4) is 11.5 Å². The Kier molecular flexibility index (Phi) is 8.81. The van der Waals surface area contributed by atoms with E-state index >= 15 is 0 Å². The Bertz CT molecular complexity index is 706. The number of alkyl halides is 1. The van der Waals surface area contributed by atoms with E-state index in [-0.39, 0.29) is 0 Å². The van der Waals surface area contributed by atoms with Crippen LogP contribution in [0.4, 0.5) is 10.1 Å². The summed E-state index contributed by atoms with van der Waals surface area (Å²) in [6.45, 7) is 8.46. The summed E-state index contributed by atoms with van der Waals surface area (Å²) in [4.78, 5) is 6.46. The highest BCUT2D eigenvalue weighted by Crippen LogP contribution is 2.30. The lowest BCUT2D eigenvalue weighted by Crippen LogP contribution is -2.23. The zero-order chi connectivity index (χ0) is 20.4. The minimum Gasteiger partial charge on any atom is -0.493 e. The maximum absolute atomic E-state index is 13.2. The molecule has 0 saturated carbocycles. The number of ether oxygens (including phenoxy) is 2. The summed E-state index contributed by atoms with van der Waals surface area (Å²) in [5.74, 6) is 2.09. The molecule has 28 heavy (non-hydrogen) atoms. The third kappa shape index (κ3) is 7.23. The van der Waals surface area contributed by atoms with Crippen LogP contribution in [0.1, 0.15) is 19.8 Å². The Morgan fingerprint density at radius 1 is 1.43 bits per heavy atom. The van der Waals surface area contributed by atoms with Crippen LogP contribution in [-0.2, 0) is 0 Å². The van der Waals surface area contributed by atoms with Gasteiger partial charge in [-0.25, -0.2) is 9.38 Å². The van der Waals surface area contributed by atoms with Crippen molar-refractivity contribution in [1.29, 1.82) is 0 Å². The van der Waals surface area contributed by atoms with Crippen LogP contribution in [-0.4, -0.2) is 57.3 Å². The maximum atomic E-state index is 13.2. The lowest BCUT2D eigenvalue weighted by atomic mass is 10.2. The topological polar surface area (TPSA) is 58.1 Å². The molecule has 0 aromatic heterocycles. The second-order valence-corrected chi connectivity index (χ2v) is 6.68. The molecule has 6 nitrogen and oxygen atoms in total. The first-order chi connectivity index (χ1) is 13.5. The molecule has 7 heteroatoms. The van der Waals surface area contributed by atoms with E-state index in [4.69, 9.17) is 9.47 Å². The van der Waals surface area contributed by atoms with Crippen molar-refractivity contribution in [2.75, 3.05) is 45.7 Å². The van der Waals surface area contributed by atoms with E-state index in [1.165, 1.54) is 0 Å². The summed E-state index contributed by atoms with van der Waals surface area (Å²) in [7, 11) is 3.43. The number of likely N-dealkylation sites (N-methyl/N-ethyl adjacent to an activating group) is 1. The van der Waals surface area contributed by atoms with E-state index in [2.05, 4.69) is 27.1 Å². The average Bonchev–Trinajstić information content (AvgIpc) is 3.10. The smallest absolute Gasteiger partial charge is 0.163 e. The van der Waals surface area contributed by atoms with E-state index in [1.807, 2.05) is 32.2 Å². The molecule has 0 aliphatic carbocycles. The second-order valence-electron chi connectivity index (χ2n) is 6.68. The van der Waals surface area contributed by atoms with Crippen molar-refractivity contribution in [1.82, 2.24) is 10.2 Å². The van der Waals surface area contributed by atoms with Gasteiger partial charge in [0.15, 0.2) is 11.5 Å². The molecular weight excluding hydrogens is 359 g/mol. The minimum absolute atomic E-state index is 0.539. The van der Waals surface area contributed by atoms with Crippen LogP contribution in [0.25, 0.3) is 0 Å². The average molecular weight is 391 g/mol. The van der Waals surface area contributed by atoms with Crippen LogP contribution in [0, 0.1) is 0 Å². The molecular formula is C21H31FN4O2. The number of hydrogen-bond acceptors (Lipinski definition) is 5. The van der Waals surface area contributed by atoms with E-state index < -0.39 is 6.17 Å². The van der Waals surface area contributed by atoms with E-state index in [0.717, 1.165) is 36.7 Å². The highest BCUT2D eigenvalue weighted by atomic mass is 19.1. The molecule has 0 spiro atoms. The molecule has 0 amide bonds. The number of nitrogens with one attached hydrogen (secondary N) is 2. The fourth-order valence-corrected chi connectivity index (χ4v) is 2.89. The van der Waals surface area contributed by atoms with Gasteiger partial charge >= 0.3 is 0 Å². The Morgan fingerprint density at radius 3 is 2.93 bits per heavy atom. The first kappa shape index (κ1) is 21.8. The third-order valence-electron chi connectivity index (χ3n) is 4.44. The van der Waals surface area contributed by atoms with Gasteiger partial charge < -0.3 is 25.0 Å². The first-order valence-corrected chi connectivity index (χ1v) is 9.53. The van der Waals surface area contributed by atoms with Gasteiger partial charge in [0.1, 0.15) is 12.0 Å². The molecule has 0 bridgehead atoms. The van der Waals surface area contributed by atoms with Gasteiger partial charge in [0.05, 0.1) is 13.7 Å². The summed E-state index contributed by atoms with van der Waals surface area (Å²) in [5.41, 5.74) is 1.64. The number of allylic oxidation sites excluding steroid dienone is 1. The van der Waals surface area contributed by atoms with Crippen molar-refractivity contribution >= 4 is 11.5 Å². The summed E-state index contributed by atoms with van der Waals surface area (Å²) in [6.07, 6.45) is 4.28. The van der Waals surface area contributed by atoms with Crippen molar-refractivity contribution in [3.05, 3.63) is 42.8 Å². The van der Waals surface area contributed by atoms with Crippen LogP contribution >= 0.6 is 0 Å². The van der Waals surface area contributed by atoms with Crippen molar-refractivity contribution in [3.63, 3.8) is 0 Å². The zero-order valence-corrected chi connectivity index (χ0v) is 17.0. The standard InChI is InChI=1S/C21H31FN4O2/c1-16(23-3)8-10-24-17(2)25-19-6-7-20(27-4)21(14-19)28-13-5-11-26-12-9-18(22)15-26/h6-8,10,14,18,23H,1,5,9,11-13,15H2,2-4H3,(H,24,25)/b10-8-. The van der Waals surface area contributed by atoms with Gasteiger partial charge in [-0.3, -0.25) is 0 Å². The number of anilines is 1. The third-order valence-corrected chi connectivity index (χ3v) is 4.44. The van der Waals surface area contributed by atoms with Gasteiger partial charge in [0.25, 0.3) is 0 Å². The Balaban J connectivity index is 1.88. The Hall–Kier alpha value is -2.54. The predicted octanol–water partition coefficient (Wildman–Crippen LogP) is 3.59. The molecule has 1 aliphatic heterocycles. The molecule has 1 unspecified atom stereocenters. The molecule has 1 aliphatic rings. The predicted molar refractivity (Wildman–Crippen MR) is 113 cm³/mol. The molecule has 1 fully saturated rings. The lowest BCUT2D eigenvalue weighted by molar-refractivity contribution is 0.242. The van der Waals surface area contributed by atoms with Gasteiger partial charge in [0, 0.05) is 50.3 Å². The molecule has 1 aromatic carbocycles. The number of hydrogen-bond donors (Lipinski definition) is 2. The number of halogens is 1. The minimum atomic E-state index is -0.681. The SMILES string of the molecule is C=C(/C=C\N=C(C)Nc1ccc(OC)c(OCCCN2CCC(F)C2)c1)NC. The summed E-state index contributed by atoms with van der Waals surface area (Å²) in [6, 6.07) is 5.66. The maximum Gasteiger partial charge on any atom is 0.163 e. The van der Waals surface area contributed by atoms with E-state index in [0.29, 0.717) is 31.1 Å². The van der Waals surface area contributed by atoms with Crippen molar-refractivity contribution < 1.29 is 13.9 Å². The van der Waals surface area contributed by atoms with Gasteiger partial charge in [-0.2, -0.15) is 0 Å². The van der Waals surface area contributed by atoms with Gasteiger partial charge in [-0.05, 0) is 38.0 Å². The second kappa shape index (κ2) is 11.3. The summed E-state index contributed by atoms with van der Waals surface area (Å²) >= 11 is 0. The number of likely N-dealkylation sites (tertiary alicyclic amines) is 1. The normalized spacial score (nSPS) is 17.7. The quantitative estimate of drug-likeness (QED) is 0.277. The van der Waals surface area contributed by atoms with E-state index in [1.54, 1.807) is 19.4 Å². The number of methoxy groups -OCH3 is 1. The Labute approximate surface area is 167 Å². The van der Waals surface area contributed by atoms with Crippen LogP contribution in [0.2, 0.25) is 0 Å². The highest BCUT2D eigenvalue weighted by molar-refractivity contribution is 5.94. The number of aliphatic imine (C=N–C) groups is 1. The van der Waals surface area contributed by atoms with Crippen molar-refractivity contribution in [2.24, 2.45) is 4.99 Å². The monoisotopic (exact) mass is 390 g/mol. The Morgan fingerprint density at radius 2 is 2.25 bits per heavy atom. The molecule has 2 N–H and O–H groups in total. The van der Waals surface area contributed by atoms with Gasteiger partial charge in [-0.1, -0.05) is 6.58 Å². The summed E-state index contributed by atoms with van der Waals surface area (Å²) in [5, 5.41) is 6.16. The number of nitrogens with zero attached hydrogens (tertiary/aromatic N) is 2. The van der Waals surface area contributed by atoms with Crippen LogP contribution in [0.5, 0.6) is 11.5 Å².